The smallest absolute Gasteiger partial charge is 0.300 e. The minimum absolute atomic E-state index is 0.206. The molecule has 0 aliphatic carbocycles. The minimum atomic E-state index is -0.273. The lowest BCUT2D eigenvalue weighted by Gasteiger charge is -2.28. The van der Waals surface area contributed by atoms with Gasteiger partial charge in [0.25, 0.3) is 5.56 Å². The lowest BCUT2D eigenvalue weighted by atomic mass is 10.1. The van der Waals surface area contributed by atoms with Crippen LogP contribution < -0.4 is 11.2 Å². The number of benzene rings is 2. The van der Waals surface area contributed by atoms with Crippen molar-refractivity contribution in [2.24, 2.45) is 7.05 Å². The number of thiazole rings is 1. The predicted molar refractivity (Wildman–Crippen MR) is 135 cm³/mol. The molecule has 0 radical (unpaired) electrons. The highest BCUT2D eigenvalue weighted by atomic mass is 32.1. The molecule has 5 rings (SSSR count). The molecule has 6 nitrogen and oxygen atoms in total. The fourth-order valence-electron chi connectivity index (χ4n) is 4.27. The maximum Gasteiger partial charge on any atom is 0.331 e. The van der Waals surface area contributed by atoms with Crippen LogP contribution in [0.4, 0.5) is 0 Å². The van der Waals surface area contributed by atoms with E-state index >= 15 is 0 Å². The van der Waals surface area contributed by atoms with Gasteiger partial charge in [-0.15, -0.1) is 11.3 Å². The summed E-state index contributed by atoms with van der Waals surface area (Å²) in [5.74, 6) is 6.39. The number of aromatic nitrogens is 3. The summed E-state index contributed by atoms with van der Waals surface area (Å²) in [6.07, 6.45) is 2.44. The van der Waals surface area contributed by atoms with Gasteiger partial charge in [0, 0.05) is 55.0 Å². The van der Waals surface area contributed by atoms with E-state index in [1.54, 1.807) is 29.1 Å². The average Bonchev–Trinajstić information content (AvgIpc) is 3.41. The highest BCUT2D eigenvalue weighted by Crippen LogP contribution is 2.22. The van der Waals surface area contributed by atoms with Crippen LogP contribution >= 0.6 is 11.3 Å². The normalized spacial score (nSPS) is 13.2. The summed E-state index contributed by atoms with van der Waals surface area (Å²) in [6.45, 7) is 2.08. The number of hydrogen-bond donors (Lipinski definition) is 0. The number of nitrogens with zero attached hydrogens (tertiary/aromatic N) is 4. The molecule has 2 aromatic carbocycles. The van der Waals surface area contributed by atoms with Gasteiger partial charge < -0.3 is 4.57 Å². The SMILES string of the molecule is Cn1c2c(c(=O)n(Cc3ccc(-c4nccs4)cc3)c1=O)CN(CC#Cc1ccccc1)CC2. The van der Waals surface area contributed by atoms with E-state index in [1.807, 2.05) is 60.0 Å². The molecule has 170 valence electrons. The van der Waals surface area contributed by atoms with Crippen LogP contribution in [0, 0.1) is 11.8 Å². The Balaban J connectivity index is 1.38. The third kappa shape index (κ3) is 4.51. The van der Waals surface area contributed by atoms with Gasteiger partial charge in [0.05, 0.1) is 18.7 Å². The first kappa shape index (κ1) is 22.1. The van der Waals surface area contributed by atoms with Crippen LogP contribution in [0.3, 0.4) is 0 Å². The Morgan fingerprint density at radius 2 is 1.85 bits per heavy atom. The van der Waals surface area contributed by atoms with E-state index in [0.29, 0.717) is 25.1 Å². The van der Waals surface area contributed by atoms with Crippen molar-refractivity contribution in [1.82, 2.24) is 19.0 Å². The first-order valence-corrected chi connectivity index (χ1v) is 12.0. The summed E-state index contributed by atoms with van der Waals surface area (Å²) >= 11 is 1.58. The zero-order valence-corrected chi connectivity index (χ0v) is 19.7. The Kier molecular flexibility index (Phi) is 6.26. The molecular weight excluding hydrogens is 444 g/mol. The predicted octanol–water partition coefficient (Wildman–Crippen LogP) is 3.13. The molecule has 0 atom stereocenters. The Labute approximate surface area is 201 Å². The molecule has 0 saturated carbocycles. The summed E-state index contributed by atoms with van der Waals surface area (Å²) in [6, 6.07) is 17.7. The lowest BCUT2D eigenvalue weighted by Crippen LogP contribution is -2.47. The molecule has 0 unspecified atom stereocenters. The third-order valence-electron chi connectivity index (χ3n) is 6.10. The standard InChI is InChI=1S/C27H24N4O2S/c1-29-24-13-16-30(15-5-8-20-6-3-2-4-7-20)19-23(24)26(32)31(27(29)33)18-21-9-11-22(12-10-21)25-28-14-17-34-25/h2-4,6-7,9-12,14,17H,13,15-16,18-19H2,1H3. The molecule has 2 aromatic heterocycles. The number of fused-ring (bicyclic) bond motifs is 1. The van der Waals surface area contributed by atoms with Crippen LogP contribution in [0.15, 0.2) is 75.8 Å². The monoisotopic (exact) mass is 468 g/mol. The largest absolute Gasteiger partial charge is 0.331 e. The zero-order valence-electron chi connectivity index (χ0n) is 18.9. The Hall–Kier alpha value is -3.73. The molecule has 34 heavy (non-hydrogen) atoms. The Morgan fingerprint density at radius 3 is 2.59 bits per heavy atom. The van der Waals surface area contributed by atoms with Gasteiger partial charge in [0.15, 0.2) is 0 Å². The van der Waals surface area contributed by atoms with Gasteiger partial charge in [-0.2, -0.15) is 0 Å². The summed E-state index contributed by atoms with van der Waals surface area (Å²) in [4.78, 5) is 32.9. The number of hydrogen-bond acceptors (Lipinski definition) is 5. The Bertz CT molecular complexity index is 1470. The number of rotatable bonds is 4. The van der Waals surface area contributed by atoms with Crippen molar-refractivity contribution in [3.8, 4) is 22.4 Å². The van der Waals surface area contributed by atoms with Gasteiger partial charge in [-0.3, -0.25) is 14.3 Å². The van der Waals surface area contributed by atoms with Gasteiger partial charge >= 0.3 is 5.69 Å². The van der Waals surface area contributed by atoms with Gasteiger partial charge in [-0.05, 0) is 17.7 Å². The van der Waals surface area contributed by atoms with E-state index in [4.69, 9.17) is 0 Å². The highest BCUT2D eigenvalue weighted by Gasteiger charge is 2.23. The van der Waals surface area contributed by atoms with Gasteiger partial charge in [0.1, 0.15) is 5.01 Å². The summed E-state index contributed by atoms with van der Waals surface area (Å²) in [5.41, 5.74) is 3.95. The third-order valence-corrected chi connectivity index (χ3v) is 6.93. The molecule has 0 N–H and O–H groups in total. The van der Waals surface area contributed by atoms with Crippen molar-refractivity contribution in [2.75, 3.05) is 13.1 Å². The molecule has 3 heterocycles. The van der Waals surface area contributed by atoms with Crippen molar-refractivity contribution >= 4 is 11.3 Å². The van der Waals surface area contributed by atoms with Crippen molar-refractivity contribution in [1.29, 1.82) is 0 Å². The second-order valence-corrected chi connectivity index (χ2v) is 9.22. The van der Waals surface area contributed by atoms with Crippen LogP contribution in [0.2, 0.25) is 0 Å². The molecule has 1 aliphatic heterocycles. The van der Waals surface area contributed by atoms with Crippen molar-refractivity contribution < 1.29 is 0 Å². The first-order chi connectivity index (χ1) is 16.6. The average molecular weight is 469 g/mol. The quantitative estimate of drug-likeness (QED) is 0.432. The van der Waals surface area contributed by atoms with Crippen molar-refractivity contribution in [3.05, 3.63) is 109 Å². The second kappa shape index (κ2) is 9.64. The molecule has 0 fully saturated rings. The van der Waals surface area contributed by atoms with Gasteiger partial charge in [0.2, 0.25) is 0 Å². The van der Waals surface area contributed by atoms with E-state index in [1.165, 1.54) is 4.57 Å². The van der Waals surface area contributed by atoms with E-state index in [9.17, 15) is 9.59 Å². The second-order valence-electron chi connectivity index (χ2n) is 8.32. The highest BCUT2D eigenvalue weighted by molar-refractivity contribution is 7.13. The van der Waals surface area contributed by atoms with Crippen LogP contribution in [0.5, 0.6) is 0 Å². The summed E-state index contributed by atoms with van der Waals surface area (Å²) < 4.78 is 2.98. The van der Waals surface area contributed by atoms with Gasteiger partial charge in [-0.25, -0.2) is 9.78 Å². The fraction of sp³-hybridized carbons (Fsp3) is 0.222. The topological polar surface area (TPSA) is 60.1 Å². The van der Waals surface area contributed by atoms with Crippen LogP contribution in [-0.4, -0.2) is 32.1 Å². The van der Waals surface area contributed by atoms with Crippen molar-refractivity contribution in [3.63, 3.8) is 0 Å². The lowest BCUT2D eigenvalue weighted by molar-refractivity contribution is 0.275. The summed E-state index contributed by atoms with van der Waals surface area (Å²) in [7, 11) is 1.76. The van der Waals surface area contributed by atoms with Crippen LogP contribution in [0.1, 0.15) is 22.4 Å². The van der Waals surface area contributed by atoms with Gasteiger partial charge in [-0.1, -0.05) is 54.3 Å². The van der Waals surface area contributed by atoms with E-state index in [0.717, 1.165) is 33.9 Å². The fourth-order valence-corrected chi connectivity index (χ4v) is 4.91. The van der Waals surface area contributed by atoms with Crippen molar-refractivity contribution in [2.45, 2.75) is 19.5 Å². The first-order valence-electron chi connectivity index (χ1n) is 11.2. The Morgan fingerprint density at radius 1 is 1.06 bits per heavy atom. The molecule has 7 heteroatoms. The molecule has 0 saturated heterocycles. The molecule has 0 spiro atoms. The van der Waals surface area contributed by atoms with E-state index in [-0.39, 0.29) is 17.8 Å². The molecule has 0 amide bonds. The van der Waals surface area contributed by atoms with Crippen LogP contribution in [-0.2, 0) is 26.6 Å². The van der Waals surface area contributed by atoms with Crippen LogP contribution in [0.25, 0.3) is 10.6 Å². The van der Waals surface area contributed by atoms with E-state index in [2.05, 4.69) is 21.7 Å². The zero-order chi connectivity index (χ0) is 23.5. The minimum Gasteiger partial charge on any atom is -0.300 e. The van der Waals surface area contributed by atoms with E-state index < -0.39 is 0 Å². The maximum absolute atomic E-state index is 13.4. The molecule has 0 bridgehead atoms. The maximum atomic E-state index is 13.4. The summed E-state index contributed by atoms with van der Waals surface area (Å²) in [5, 5.41) is 2.89. The molecule has 4 aromatic rings. The molecule has 1 aliphatic rings. The molecular formula is C27H24N4O2S.